The quantitative estimate of drug-likeness (QED) is 0.609. The van der Waals surface area contributed by atoms with Crippen molar-refractivity contribution in [1.29, 1.82) is 0 Å². The van der Waals surface area contributed by atoms with E-state index < -0.39 is 0 Å². The van der Waals surface area contributed by atoms with Crippen LogP contribution in [0, 0.1) is 18.3 Å². The topological polar surface area (TPSA) is 55.1 Å². The van der Waals surface area contributed by atoms with E-state index in [0.29, 0.717) is 12.5 Å². The molecule has 0 bridgehead atoms. The summed E-state index contributed by atoms with van der Waals surface area (Å²) in [5.74, 6) is 2.77. The van der Waals surface area contributed by atoms with Gasteiger partial charge in [-0.05, 0) is 25.7 Å². The van der Waals surface area contributed by atoms with Crippen LogP contribution in [0.3, 0.4) is 0 Å². The lowest BCUT2D eigenvalue weighted by molar-refractivity contribution is -0.122. The number of amides is 1. The van der Waals surface area contributed by atoms with Crippen molar-refractivity contribution in [2.75, 3.05) is 6.54 Å². The van der Waals surface area contributed by atoms with Gasteiger partial charge in [0.1, 0.15) is 0 Å². The maximum absolute atomic E-state index is 11.2. The smallest absolute Gasteiger partial charge is 0.232 e. The fourth-order valence-electron chi connectivity index (χ4n) is 1.50. The van der Waals surface area contributed by atoms with E-state index in [9.17, 15) is 4.79 Å². The van der Waals surface area contributed by atoms with Crippen molar-refractivity contribution in [3.8, 4) is 12.3 Å². The first-order valence-corrected chi connectivity index (χ1v) is 4.57. The molecule has 1 rings (SSSR count). The van der Waals surface area contributed by atoms with Gasteiger partial charge in [-0.2, -0.15) is 0 Å². The summed E-state index contributed by atoms with van der Waals surface area (Å²) in [7, 11) is 0. The third-order valence-electron chi connectivity index (χ3n) is 2.59. The number of rotatable bonds is 4. The van der Waals surface area contributed by atoms with E-state index in [1.807, 2.05) is 6.92 Å². The minimum Gasteiger partial charge on any atom is -0.349 e. The molecule has 0 aromatic rings. The van der Waals surface area contributed by atoms with Crippen molar-refractivity contribution in [3.05, 3.63) is 0 Å². The molecule has 0 aromatic heterocycles. The molecular weight excluding hydrogens is 164 g/mol. The predicted octanol–water partition coefficient (Wildman–Crippen LogP) is 0.253. The molecule has 1 aliphatic rings. The molecule has 1 unspecified atom stereocenters. The Labute approximate surface area is 79.1 Å². The fraction of sp³-hybridized carbons (Fsp3) is 0.700. The van der Waals surface area contributed by atoms with E-state index in [1.54, 1.807) is 0 Å². The van der Waals surface area contributed by atoms with Gasteiger partial charge < -0.3 is 11.1 Å². The zero-order valence-electron chi connectivity index (χ0n) is 7.97. The summed E-state index contributed by atoms with van der Waals surface area (Å²) in [5, 5.41) is 2.90. The highest BCUT2D eigenvalue weighted by atomic mass is 16.1. The van der Waals surface area contributed by atoms with Crippen molar-refractivity contribution < 1.29 is 4.79 Å². The largest absolute Gasteiger partial charge is 0.349 e. The second-order valence-electron chi connectivity index (χ2n) is 3.82. The Kier molecular flexibility index (Phi) is 2.94. The predicted molar refractivity (Wildman–Crippen MR) is 51.8 cm³/mol. The molecule has 1 fully saturated rings. The highest BCUT2D eigenvalue weighted by molar-refractivity contribution is 5.79. The second-order valence-corrected chi connectivity index (χ2v) is 3.82. The summed E-state index contributed by atoms with van der Waals surface area (Å²) < 4.78 is 0. The second kappa shape index (κ2) is 3.80. The molecule has 0 saturated heterocycles. The lowest BCUT2D eigenvalue weighted by Gasteiger charge is -2.29. The first-order valence-electron chi connectivity index (χ1n) is 4.57. The molecule has 13 heavy (non-hydrogen) atoms. The summed E-state index contributed by atoms with van der Waals surface area (Å²) >= 11 is 0. The molecular formula is C10H16N2O. The van der Waals surface area contributed by atoms with E-state index in [4.69, 9.17) is 12.2 Å². The maximum Gasteiger partial charge on any atom is 0.232 e. The normalized spacial score (nSPS) is 20.1. The molecule has 1 atom stereocenters. The Balaban J connectivity index is 2.48. The van der Waals surface area contributed by atoms with E-state index in [0.717, 1.165) is 12.8 Å². The third-order valence-corrected chi connectivity index (χ3v) is 2.59. The number of hydrogen-bond donors (Lipinski definition) is 2. The van der Waals surface area contributed by atoms with Crippen LogP contribution in [-0.2, 0) is 4.79 Å². The molecule has 0 aliphatic heterocycles. The number of hydrogen-bond acceptors (Lipinski definition) is 2. The molecule has 0 heterocycles. The molecule has 0 spiro atoms. The number of carbonyl (C=O) groups is 1. The third kappa shape index (κ3) is 2.46. The van der Waals surface area contributed by atoms with Crippen LogP contribution in [0.5, 0.6) is 0 Å². The molecule has 3 heteroatoms. The summed E-state index contributed by atoms with van der Waals surface area (Å²) in [6.07, 6.45) is 7.49. The number of nitrogens with two attached hydrogens (primary N) is 1. The van der Waals surface area contributed by atoms with E-state index in [2.05, 4.69) is 11.2 Å². The standard InChI is InChI=1S/C10H16N2O/c1-3-4-9(13)12-10(2,7-11)8-5-6-8/h1,8H,4-7,11H2,2H3,(H,12,13). The van der Waals surface area contributed by atoms with Gasteiger partial charge in [0.05, 0.1) is 12.0 Å². The molecule has 0 aromatic carbocycles. The Hall–Kier alpha value is -1.01. The van der Waals surface area contributed by atoms with E-state index >= 15 is 0 Å². The van der Waals surface area contributed by atoms with Gasteiger partial charge in [-0.1, -0.05) is 5.92 Å². The van der Waals surface area contributed by atoms with Crippen molar-refractivity contribution in [2.45, 2.75) is 31.7 Å². The van der Waals surface area contributed by atoms with Crippen molar-refractivity contribution in [3.63, 3.8) is 0 Å². The lowest BCUT2D eigenvalue weighted by atomic mass is 9.96. The van der Waals surface area contributed by atoms with Crippen molar-refractivity contribution in [2.24, 2.45) is 11.7 Å². The minimum absolute atomic E-state index is 0.0950. The fourth-order valence-corrected chi connectivity index (χ4v) is 1.50. The van der Waals surface area contributed by atoms with E-state index in [1.165, 1.54) is 0 Å². The average molecular weight is 180 g/mol. The molecule has 1 saturated carbocycles. The highest BCUT2D eigenvalue weighted by Crippen LogP contribution is 2.38. The maximum atomic E-state index is 11.2. The lowest BCUT2D eigenvalue weighted by Crippen LogP contribution is -2.53. The van der Waals surface area contributed by atoms with Crippen molar-refractivity contribution >= 4 is 5.91 Å². The SMILES string of the molecule is C#CCC(=O)NC(C)(CN)C1CC1. The van der Waals surface area contributed by atoms with Crippen LogP contribution in [0.2, 0.25) is 0 Å². The molecule has 72 valence electrons. The highest BCUT2D eigenvalue weighted by Gasteiger charge is 2.41. The first-order chi connectivity index (χ1) is 6.12. The summed E-state index contributed by atoms with van der Waals surface area (Å²) in [6.45, 7) is 2.47. The molecule has 3 N–H and O–H groups in total. The zero-order valence-corrected chi connectivity index (χ0v) is 7.97. The van der Waals surface area contributed by atoms with Gasteiger partial charge in [-0.25, -0.2) is 0 Å². The van der Waals surface area contributed by atoms with Crippen LogP contribution in [0.1, 0.15) is 26.2 Å². The summed E-state index contributed by atoms with van der Waals surface area (Å²) in [5.41, 5.74) is 5.38. The van der Waals surface area contributed by atoms with Gasteiger partial charge in [-0.3, -0.25) is 4.79 Å². The van der Waals surface area contributed by atoms with Crippen molar-refractivity contribution in [1.82, 2.24) is 5.32 Å². The van der Waals surface area contributed by atoms with E-state index in [-0.39, 0.29) is 17.9 Å². The number of terminal acetylenes is 1. The van der Waals surface area contributed by atoms with Gasteiger partial charge in [0, 0.05) is 6.54 Å². The Morgan fingerprint density at radius 2 is 2.38 bits per heavy atom. The molecule has 1 aliphatic carbocycles. The van der Waals surface area contributed by atoms with Gasteiger partial charge >= 0.3 is 0 Å². The van der Waals surface area contributed by atoms with Gasteiger partial charge in [0.15, 0.2) is 0 Å². The van der Waals surface area contributed by atoms with Crippen LogP contribution in [0.15, 0.2) is 0 Å². The number of carbonyl (C=O) groups excluding carboxylic acids is 1. The van der Waals surface area contributed by atoms with Crippen LogP contribution >= 0.6 is 0 Å². The Morgan fingerprint density at radius 1 is 1.77 bits per heavy atom. The summed E-state index contributed by atoms with van der Waals surface area (Å²) in [6, 6.07) is 0. The minimum atomic E-state index is -0.242. The molecule has 3 nitrogen and oxygen atoms in total. The monoisotopic (exact) mass is 180 g/mol. The summed E-state index contributed by atoms with van der Waals surface area (Å²) in [4.78, 5) is 11.2. The van der Waals surface area contributed by atoms with Crippen LogP contribution < -0.4 is 11.1 Å². The molecule has 0 radical (unpaired) electrons. The van der Waals surface area contributed by atoms with Gasteiger partial charge in [0.25, 0.3) is 0 Å². The van der Waals surface area contributed by atoms with Crippen LogP contribution in [0.25, 0.3) is 0 Å². The first kappa shape index (κ1) is 10.1. The van der Waals surface area contributed by atoms with Gasteiger partial charge in [-0.15, -0.1) is 6.42 Å². The Bertz CT molecular complexity index is 240. The van der Waals surface area contributed by atoms with Crippen LogP contribution in [-0.4, -0.2) is 18.0 Å². The molecule has 1 amide bonds. The number of nitrogens with one attached hydrogen (secondary N) is 1. The average Bonchev–Trinajstić information content (AvgIpc) is 2.86. The van der Waals surface area contributed by atoms with Crippen LogP contribution in [0.4, 0.5) is 0 Å². The Morgan fingerprint density at radius 3 is 2.77 bits per heavy atom. The zero-order chi connectivity index (χ0) is 9.90. The van der Waals surface area contributed by atoms with Gasteiger partial charge in [0.2, 0.25) is 5.91 Å².